The second kappa shape index (κ2) is 8.78. The number of rotatable bonds is 6. The first-order valence-corrected chi connectivity index (χ1v) is 10.3. The van der Waals surface area contributed by atoms with Gasteiger partial charge in [0.15, 0.2) is 11.6 Å². The number of methoxy groups -OCH3 is 1. The highest BCUT2D eigenvalue weighted by molar-refractivity contribution is 5.97. The second-order valence-electron chi connectivity index (χ2n) is 7.94. The number of pyridine rings is 1. The van der Waals surface area contributed by atoms with E-state index < -0.39 is 34.4 Å². The molecule has 0 spiro atoms. The lowest BCUT2D eigenvalue weighted by atomic mass is 10.1. The number of carboxylic acids is 1. The van der Waals surface area contributed by atoms with E-state index in [1.54, 1.807) is 4.90 Å². The molecule has 0 radical (unpaired) electrons. The Morgan fingerprint density at radius 3 is 2.64 bits per heavy atom. The molecule has 3 aromatic rings. The zero-order valence-electron chi connectivity index (χ0n) is 18.0. The average Bonchev–Trinajstić information content (AvgIpc) is 3.22. The van der Waals surface area contributed by atoms with Gasteiger partial charge in [-0.25, -0.2) is 18.0 Å². The van der Waals surface area contributed by atoms with E-state index in [9.17, 15) is 23.5 Å². The number of aromatic nitrogens is 1. The number of nitrogens with zero attached hydrogens (tertiary/aromatic N) is 2. The van der Waals surface area contributed by atoms with Gasteiger partial charge in [0.25, 0.3) is 0 Å². The Morgan fingerprint density at radius 1 is 1.24 bits per heavy atom. The number of nitrogens with one attached hydrogen (secondary N) is 1. The first kappa shape index (κ1) is 22.7. The number of anilines is 1. The van der Waals surface area contributed by atoms with Crippen LogP contribution in [0.3, 0.4) is 0 Å². The van der Waals surface area contributed by atoms with Crippen molar-refractivity contribution in [1.82, 2.24) is 9.88 Å². The molecule has 2 N–H and O–H groups in total. The van der Waals surface area contributed by atoms with Crippen molar-refractivity contribution in [2.45, 2.75) is 6.42 Å². The maximum absolute atomic E-state index is 15.4. The molecule has 0 bridgehead atoms. The fourth-order valence-electron chi connectivity index (χ4n) is 4.41. The molecule has 1 atom stereocenters. The maximum atomic E-state index is 15.4. The van der Waals surface area contributed by atoms with Gasteiger partial charge in [-0.3, -0.25) is 4.79 Å². The Morgan fingerprint density at radius 2 is 2.00 bits per heavy atom. The lowest BCUT2D eigenvalue weighted by Crippen LogP contribution is -2.26. The molecule has 2 heterocycles. The highest BCUT2D eigenvalue weighted by atomic mass is 19.1. The van der Waals surface area contributed by atoms with E-state index in [0.29, 0.717) is 19.2 Å². The SMILES string of the molecule is CNCC1CCN(c2c(F)cc3c(=O)c(C(=O)O)cn(-c4ccc(F)cc4F)c3c2OC)C1. The van der Waals surface area contributed by atoms with Crippen molar-refractivity contribution >= 4 is 22.6 Å². The summed E-state index contributed by atoms with van der Waals surface area (Å²) in [6, 6.07) is 3.70. The van der Waals surface area contributed by atoms with Crippen molar-refractivity contribution in [3.05, 3.63) is 63.7 Å². The zero-order valence-corrected chi connectivity index (χ0v) is 18.0. The minimum atomic E-state index is -1.56. The van der Waals surface area contributed by atoms with Crippen LogP contribution in [0, 0.1) is 23.4 Å². The molecule has 0 amide bonds. The molecule has 2 aromatic carbocycles. The summed E-state index contributed by atoms with van der Waals surface area (Å²) in [5, 5.41) is 12.3. The maximum Gasteiger partial charge on any atom is 0.341 e. The number of carboxylic acid groups (broad SMARTS) is 1. The molecule has 33 heavy (non-hydrogen) atoms. The Kier molecular flexibility index (Phi) is 6.03. The Balaban J connectivity index is 2.06. The van der Waals surface area contributed by atoms with Crippen LogP contribution in [-0.4, -0.2) is 49.4 Å². The number of hydrogen-bond acceptors (Lipinski definition) is 5. The molecule has 174 valence electrons. The van der Waals surface area contributed by atoms with Gasteiger partial charge in [0.1, 0.15) is 28.4 Å². The van der Waals surface area contributed by atoms with Crippen LogP contribution in [0.25, 0.3) is 16.6 Å². The third-order valence-corrected chi connectivity index (χ3v) is 5.87. The molecule has 1 aromatic heterocycles. The van der Waals surface area contributed by atoms with Crippen molar-refractivity contribution in [1.29, 1.82) is 0 Å². The number of aromatic carboxylic acids is 1. The van der Waals surface area contributed by atoms with Crippen LogP contribution in [0.2, 0.25) is 0 Å². The average molecular weight is 461 g/mol. The Labute approximate surface area is 187 Å². The molecule has 1 unspecified atom stereocenters. The van der Waals surface area contributed by atoms with Gasteiger partial charge in [-0.1, -0.05) is 0 Å². The van der Waals surface area contributed by atoms with Crippen molar-refractivity contribution in [3.63, 3.8) is 0 Å². The van der Waals surface area contributed by atoms with E-state index in [0.717, 1.165) is 41.9 Å². The van der Waals surface area contributed by atoms with Crippen LogP contribution in [0.4, 0.5) is 18.9 Å². The molecule has 1 saturated heterocycles. The standard InChI is InChI=1S/C23H22F3N3O4/c1-27-9-12-5-6-28(10-12)20-17(26)8-14-19(22(20)33-2)29(11-15(21(14)30)23(31)32)18-4-3-13(24)7-16(18)25/h3-4,7-8,11-12,27H,5-6,9-10H2,1-2H3,(H,31,32). The molecule has 4 rings (SSSR count). The predicted octanol–water partition coefficient (Wildman–Crippen LogP) is 3.16. The van der Waals surface area contributed by atoms with Crippen LogP contribution in [0.1, 0.15) is 16.8 Å². The molecule has 7 nitrogen and oxygen atoms in total. The number of hydrogen-bond donors (Lipinski definition) is 2. The van der Waals surface area contributed by atoms with Gasteiger partial charge in [0.05, 0.1) is 18.2 Å². The molecule has 1 aliphatic rings. The number of benzene rings is 2. The summed E-state index contributed by atoms with van der Waals surface area (Å²) in [6.45, 7) is 1.80. The van der Waals surface area contributed by atoms with E-state index in [1.165, 1.54) is 7.11 Å². The largest absolute Gasteiger partial charge is 0.492 e. The van der Waals surface area contributed by atoms with E-state index in [2.05, 4.69) is 5.32 Å². The molecular formula is C23H22F3N3O4. The van der Waals surface area contributed by atoms with Crippen LogP contribution in [0.5, 0.6) is 5.75 Å². The van der Waals surface area contributed by atoms with E-state index in [-0.39, 0.29) is 33.9 Å². The predicted molar refractivity (Wildman–Crippen MR) is 117 cm³/mol. The van der Waals surface area contributed by atoms with Crippen LogP contribution >= 0.6 is 0 Å². The molecule has 10 heteroatoms. The monoisotopic (exact) mass is 461 g/mol. The highest BCUT2D eigenvalue weighted by Gasteiger charge is 2.30. The molecule has 0 aliphatic carbocycles. The van der Waals surface area contributed by atoms with Crippen LogP contribution in [-0.2, 0) is 0 Å². The zero-order chi connectivity index (χ0) is 23.9. The third kappa shape index (κ3) is 3.91. The minimum absolute atomic E-state index is 0.00789. The van der Waals surface area contributed by atoms with Gasteiger partial charge >= 0.3 is 5.97 Å². The Hall–Kier alpha value is -3.53. The second-order valence-corrected chi connectivity index (χ2v) is 7.94. The van der Waals surface area contributed by atoms with Gasteiger partial charge in [-0.2, -0.15) is 0 Å². The number of ether oxygens (including phenoxy) is 1. The van der Waals surface area contributed by atoms with Gasteiger partial charge in [0.2, 0.25) is 5.43 Å². The summed E-state index contributed by atoms with van der Waals surface area (Å²) in [6.07, 6.45) is 1.75. The third-order valence-electron chi connectivity index (χ3n) is 5.87. The summed E-state index contributed by atoms with van der Waals surface area (Å²) in [7, 11) is 3.12. The van der Waals surface area contributed by atoms with Crippen molar-refractivity contribution in [2.75, 3.05) is 38.7 Å². The Bertz CT molecular complexity index is 1310. The number of carbonyl (C=O) groups is 1. The van der Waals surface area contributed by atoms with Crippen molar-refractivity contribution < 1.29 is 27.8 Å². The van der Waals surface area contributed by atoms with Crippen molar-refractivity contribution in [2.24, 2.45) is 5.92 Å². The van der Waals surface area contributed by atoms with Gasteiger partial charge in [0, 0.05) is 25.4 Å². The minimum Gasteiger partial charge on any atom is -0.492 e. The molecule has 0 saturated carbocycles. The fourth-order valence-corrected chi connectivity index (χ4v) is 4.41. The summed E-state index contributed by atoms with van der Waals surface area (Å²) in [4.78, 5) is 26.4. The van der Waals surface area contributed by atoms with E-state index in [4.69, 9.17) is 4.74 Å². The first-order valence-electron chi connectivity index (χ1n) is 10.3. The van der Waals surface area contributed by atoms with Crippen LogP contribution in [0.15, 0.2) is 35.3 Å². The quantitative estimate of drug-likeness (QED) is 0.587. The number of fused-ring (bicyclic) bond motifs is 1. The van der Waals surface area contributed by atoms with Crippen molar-refractivity contribution in [3.8, 4) is 11.4 Å². The lowest BCUT2D eigenvalue weighted by molar-refractivity contribution is 0.0695. The number of halogens is 3. The molecule has 1 fully saturated rings. The molecular weight excluding hydrogens is 439 g/mol. The summed E-state index contributed by atoms with van der Waals surface area (Å²) >= 11 is 0. The smallest absolute Gasteiger partial charge is 0.341 e. The fraction of sp³-hybridized carbons (Fsp3) is 0.304. The summed E-state index contributed by atoms with van der Waals surface area (Å²) < 4.78 is 50.2. The van der Waals surface area contributed by atoms with Gasteiger partial charge < -0.3 is 24.6 Å². The van der Waals surface area contributed by atoms with Gasteiger partial charge in [-0.15, -0.1) is 0 Å². The molecule has 1 aliphatic heterocycles. The first-order chi connectivity index (χ1) is 15.8. The highest BCUT2D eigenvalue weighted by Crippen LogP contribution is 2.41. The van der Waals surface area contributed by atoms with E-state index >= 15 is 4.39 Å². The normalized spacial score (nSPS) is 15.9. The lowest BCUT2D eigenvalue weighted by Gasteiger charge is -2.25. The topological polar surface area (TPSA) is 83.8 Å². The summed E-state index contributed by atoms with van der Waals surface area (Å²) in [5.74, 6) is -3.90. The van der Waals surface area contributed by atoms with Gasteiger partial charge in [-0.05, 0) is 44.1 Å². The van der Waals surface area contributed by atoms with Crippen LogP contribution < -0.4 is 20.4 Å². The van der Waals surface area contributed by atoms with E-state index in [1.807, 2.05) is 7.05 Å². The summed E-state index contributed by atoms with van der Waals surface area (Å²) in [5.41, 5.74) is -1.74.